The second-order valence-electron chi connectivity index (χ2n) is 6.05. The van der Waals surface area contributed by atoms with Gasteiger partial charge in [0.2, 0.25) is 0 Å². The molecule has 0 aliphatic carbocycles. The maximum atomic E-state index is 14.0. The lowest BCUT2D eigenvalue weighted by Gasteiger charge is -2.15. The van der Waals surface area contributed by atoms with Gasteiger partial charge in [-0.1, -0.05) is 34.6 Å². The summed E-state index contributed by atoms with van der Waals surface area (Å²) in [6, 6.07) is 5.77. The van der Waals surface area contributed by atoms with Crippen LogP contribution in [0.25, 0.3) is 10.9 Å². The Hall–Kier alpha value is -1.31. The summed E-state index contributed by atoms with van der Waals surface area (Å²) in [7, 11) is 0. The molecule has 0 fully saturated rings. The van der Waals surface area contributed by atoms with E-state index in [1.54, 1.807) is 6.07 Å². The van der Waals surface area contributed by atoms with E-state index >= 15 is 0 Å². The Labute approximate surface area is 102 Å². The molecule has 1 N–H and O–H groups in total. The van der Waals surface area contributed by atoms with Crippen molar-refractivity contribution in [3.8, 4) is 0 Å². The zero-order valence-corrected chi connectivity index (χ0v) is 11.2. The second-order valence-corrected chi connectivity index (χ2v) is 6.05. The molecule has 0 radical (unpaired) electrons. The molecule has 0 atom stereocenters. The van der Waals surface area contributed by atoms with E-state index < -0.39 is 0 Å². The largest absolute Gasteiger partial charge is 0.356 e. The molecule has 1 heterocycles. The van der Waals surface area contributed by atoms with Crippen LogP contribution in [0.2, 0.25) is 0 Å². The van der Waals surface area contributed by atoms with Gasteiger partial charge in [-0.05, 0) is 29.7 Å². The van der Waals surface area contributed by atoms with Crippen LogP contribution < -0.4 is 0 Å². The molecule has 2 heteroatoms. The lowest BCUT2D eigenvalue weighted by molar-refractivity contribution is 0.572. The van der Waals surface area contributed by atoms with Crippen molar-refractivity contribution in [3.63, 3.8) is 0 Å². The minimum absolute atomic E-state index is 0.0173. The summed E-state index contributed by atoms with van der Waals surface area (Å²) in [5, 5.41) is 0.971. The van der Waals surface area contributed by atoms with Crippen LogP contribution in [0.1, 0.15) is 51.8 Å². The fourth-order valence-electron chi connectivity index (χ4n) is 1.96. The van der Waals surface area contributed by atoms with E-state index in [9.17, 15) is 4.39 Å². The van der Waals surface area contributed by atoms with Gasteiger partial charge in [0.05, 0.1) is 5.52 Å². The van der Waals surface area contributed by atoms with Crippen molar-refractivity contribution in [2.24, 2.45) is 0 Å². The van der Waals surface area contributed by atoms with Crippen molar-refractivity contribution in [3.05, 3.63) is 35.3 Å². The van der Waals surface area contributed by atoms with Gasteiger partial charge in [-0.15, -0.1) is 0 Å². The number of nitrogens with one attached hydrogen (secondary N) is 1. The molecule has 2 rings (SSSR count). The Balaban J connectivity index is 2.65. The van der Waals surface area contributed by atoms with Gasteiger partial charge in [0.25, 0.3) is 0 Å². The average Bonchev–Trinajstić information content (AvgIpc) is 2.60. The summed E-state index contributed by atoms with van der Waals surface area (Å²) in [6.07, 6.45) is 0. The number of aromatic nitrogens is 1. The summed E-state index contributed by atoms with van der Waals surface area (Å²) in [5.74, 6) is 0.198. The molecule has 1 nitrogen and oxygen atoms in total. The highest BCUT2D eigenvalue weighted by atomic mass is 19.1. The topological polar surface area (TPSA) is 15.8 Å². The van der Waals surface area contributed by atoms with Gasteiger partial charge < -0.3 is 4.98 Å². The van der Waals surface area contributed by atoms with E-state index in [2.05, 4.69) is 51.7 Å². The van der Waals surface area contributed by atoms with E-state index in [0.29, 0.717) is 11.4 Å². The van der Waals surface area contributed by atoms with Gasteiger partial charge in [-0.25, -0.2) is 4.39 Å². The summed E-state index contributed by atoms with van der Waals surface area (Å²) < 4.78 is 14.0. The van der Waals surface area contributed by atoms with Crippen LogP contribution in [0.3, 0.4) is 0 Å². The first-order valence-corrected chi connectivity index (χ1v) is 6.11. The quantitative estimate of drug-likeness (QED) is 0.733. The van der Waals surface area contributed by atoms with Crippen LogP contribution >= 0.6 is 0 Å². The number of hydrogen-bond donors (Lipinski definition) is 1. The number of halogens is 1. The van der Waals surface area contributed by atoms with Crippen molar-refractivity contribution in [2.75, 3.05) is 0 Å². The second kappa shape index (κ2) is 3.86. The highest BCUT2D eigenvalue weighted by Crippen LogP contribution is 2.29. The summed E-state index contributed by atoms with van der Waals surface area (Å²) in [6.45, 7) is 10.5. The van der Waals surface area contributed by atoms with Crippen LogP contribution in [-0.4, -0.2) is 4.98 Å². The van der Waals surface area contributed by atoms with Crippen molar-refractivity contribution < 1.29 is 4.39 Å². The SMILES string of the molecule is CC(C)c1cc(F)c2[nH]c(C(C)(C)C)cc2c1. The predicted molar refractivity (Wildman–Crippen MR) is 71.0 cm³/mol. The predicted octanol–water partition coefficient (Wildman–Crippen LogP) is 4.73. The number of benzene rings is 1. The molecule has 0 bridgehead atoms. The minimum atomic E-state index is -0.151. The standard InChI is InChI=1S/C15H20FN/c1-9(2)10-6-11-8-13(15(3,4)5)17-14(11)12(16)7-10/h6-9,17H,1-5H3. The maximum absolute atomic E-state index is 14.0. The smallest absolute Gasteiger partial charge is 0.147 e. The molecular formula is C15H20FN. The molecule has 0 amide bonds. The van der Waals surface area contributed by atoms with Crippen LogP contribution in [-0.2, 0) is 5.41 Å². The molecule has 92 valence electrons. The van der Waals surface area contributed by atoms with Crippen molar-refractivity contribution in [1.29, 1.82) is 0 Å². The zero-order chi connectivity index (χ0) is 12.8. The zero-order valence-electron chi connectivity index (χ0n) is 11.2. The summed E-state index contributed by atoms with van der Waals surface area (Å²) >= 11 is 0. The number of rotatable bonds is 1. The summed E-state index contributed by atoms with van der Waals surface area (Å²) in [4.78, 5) is 3.19. The third-order valence-corrected chi connectivity index (χ3v) is 3.18. The first-order chi connectivity index (χ1) is 7.79. The van der Waals surface area contributed by atoms with E-state index in [-0.39, 0.29) is 11.2 Å². The van der Waals surface area contributed by atoms with Crippen LogP contribution in [0.5, 0.6) is 0 Å². The number of fused-ring (bicyclic) bond motifs is 1. The molecule has 0 saturated carbocycles. The highest BCUT2D eigenvalue weighted by Gasteiger charge is 2.18. The van der Waals surface area contributed by atoms with Gasteiger partial charge in [0, 0.05) is 16.5 Å². The third kappa shape index (κ3) is 2.21. The van der Waals surface area contributed by atoms with Gasteiger partial charge >= 0.3 is 0 Å². The Morgan fingerprint density at radius 1 is 1.12 bits per heavy atom. The molecule has 2 aromatic rings. The number of hydrogen-bond acceptors (Lipinski definition) is 0. The van der Waals surface area contributed by atoms with E-state index in [1.165, 1.54) is 0 Å². The molecule has 1 aromatic heterocycles. The van der Waals surface area contributed by atoms with Gasteiger partial charge in [0.15, 0.2) is 0 Å². The van der Waals surface area contributed by atoms with E-state index in [0.717, 1.165) is 16.6 Å². The van der Waals surface area contributed by atoms with Crippen molar-refractivity contribution in [1.82, 2.24) is 4.98 Å². The van der Waals surface area contributed by atoms with Gasteiger partial charge in [-0.2, -0.15) is 0 Å². The molecular weight excluding hydrogens is 213 g/mol. The lowest BCUT2D eigenvalue weighted by Crippen LogP contribution is -2.11. The van der Waals surface area contributed by atoms with E-state index in [1.807, 2.05) is 0 Å². The monoisotopic (exact) mass is 233 g/mol. The number of H-pyrrole nitrogens is 1. The highest BCUT2D eigenvalue weighted by molar-refractivity contribution is 5.82. The summed E-state index contributed by atoms with van der Waals surface area (Å²) in [5.41, 5.74) is 2.77. The Kier molecular flexibility index (Phi) is 2.76. The molecule has 0 aliphatic heterocycles. The number of aromatic amines is 1. The van der Waals surface area contributed by atoms with Crippen LogP contribution in [0, 0.1) is 5.82 Å². The van der Waals surface area contributed by atoms with Crippen LogP contribution in [0.15, 0.2) is 18.2 Å². The molecule has 0 saturated heterocycles. The average molecular weight is 233 g/mol. The van der Waals surface area contributed by atoms with Gasteiger partial charge in [0.1, 0.15) is 5.82 Å². The first-order valence-electron chi connectivity index (χ1n) is 6.11. The third-order valence-electron chi connectivity index (χ3n) is 3.18. The fourth-order valence-corrected chi connectivity index (χ4v) is 1.96. The van der Waals surface area contributed by atoms with E-state index in [4.69, 9.17) is 0 Å². The minimum Gasteiger partial charge on any atom is -0.356 e. The first kappa shape index (κ1) is 12.2. The Morgan fingerprint density at radius 2 is 1.76 bits per heavy atom. The van der Waals surface area contributed by atoms with Crippen LogP contribution in [0.4, 0.5) is 4.39 Å². The molecule has 0 unspecified atom stereocenters. The fraction of sp³-hybridized carbons (Fsp3) is 0.467. The lowest BCUT2D eigenvalue weighted by atomic mass is 9.92. The maximum Gasteiger partial charge on any atom is 0.147 e. The van der Waals surface area contributed by atoms with Crippen molar-refractivity contribution in [2.45, 2.75) is 46.0 Å². The Bertz CT molecular complexity index is 544. The van der Waals surface area contributed by atoms with Crippen molar-refractivity contribution >= 4 is 10.9 Å². The Morgan fingerprint density at radius 3 is 2.29 bits per heavy atom. The molecule has 0 spiro atoms. The molecule has 17 heavy (non-hydrogen) atoms. The molecule has 1 aromatic carbocycles. The normalized spacial score (nSPS) is 12.6. The van der Waals surface area contributed by atoms with Gasteiger partial charge in [-0.3, -0.25) is 0 Å². The molecule has 0 aliphatic rings.